The van der Waals surface area contributed by atoms with E-state index in [1.165, 1.54) is 17.3 Å². The minimum Gasteiger partial charge on any atom is -0.354 e. The van der Waals surface area contributed by atoms with Gasteiger partial charge in [0.25, 0.3) is 0 Å². The Bertz CT molecular complexity index is 947. The van der Waals surface area contributed by atoms with Crippen molar-refractivity contribution >= 4 is 29.3 Å². The summed E-state index contributed by atoms with van der Waals surface area (Å²) in [6.07, 6.45) is 1.62. The van der Waals surface area contributed by atoms with Crippen LogP contribution in [-0.2, 0) is 11.3 Å². The molecule has 0 radical (unpaired) electrons. The summed E-state index contributed by atoms with van der Waals surface area (Å²) in [6, 6.07) is 16.0. The molecule has 0 saturated heterocycles. The van der Waals surface area contributed by atoms with Crippen molar-refractivity contribution in [2.75, 3.05) is 25.9 Å². The van der Waals surface area contributed by atoms with E-state index in [1.807, 2.05) is 54.9 Å². The summed E-state index contributed by atoms with van der Waals surface area (Å²) >= 11 is 7.56. The summed E-state index contributed by atoms with van der Waals surface area (Å²) in [6.45, 7) is 4.19. The van der Waals surface area contributed by atoms with Crippen LogP contribution in [0.3, 0.4) is 0 Å². The Labute approximate surface area is 180 Å². The highest BCUT2D eigenvalue weighted by atomic mass is 35.5. The molecular weight excluding hydrogens is 406 g/mol. The number of hydrogen-bond acceptors (Lipinski definition) is 5. The van der Waals surface area contributed by atoms with E-state index in [-0.39, 0.29) is 11.7 Å². The fraction of sp³-hybridized carbons (Fsp3) is 0.286. The maximum Gasteiger partial charge on any atom is 0.230 e. The second kappa shape index (κ2) is 10.4. The molecule has 0 aliphatic rings. The van der Waals surface area contributed by atoms with Gasteiger partial charge in [-0.1, -0.05) is 59.8 Å². The predicted molar refractivity (Wildman–Crippen MR) is 118 cm³/mol. The average molecular weight is 430 g/mol. The Balaban J connectivity index is 1.44. The molecule has 152 valence electrons. The molecule has 1 amide bonds. The summed E-state index contributed by atoms with van der Waals surface area (Å²) in [5.74, 6) is 0.250. The van der Waals surface area contributed by atoms with Gasteiger partial charge in [-0.15, -0.1) is 10.2 Å². The van der Waals surface area contributed by atoms with E-state index in [0.29, 0.717) is 16.7 Å². The number of amides is 1. The van der Waals surface area contributed by atoms with Gasteiger partial charge in [0, 0.05) is 24.7 Å². The van der Waals surface area contributed by atoms with Crippen molar-refractivity contribution < 1.29 is 4.79 Å². The molecule has 0 bridgehead atoms. The third-order valence-corrected chi connectivity index (χ3v) is 5.74. The largest absolute Gasteiger partial charge is 0.354 e. The Kier molecular flexibility index (Phi) is 7.69. The van der Waals surface area contributed by atoms with E-state index < -0.39 is 0 Å². The van der Waals surface area contributed by atoms with Crippen LogP contribution in [0.1, 0.15) is 11.1 Å². The van der Waals surface area contributed by atoms with Crippen molar-refractivity contribution in [2.45, 2.75) is 18.6 Å². The molecule has 8 heteroatoms. The maximum atomic E-state index is 12.2. The zero-order valence-electron chi connectivity index (χ0n) is 16.5. The first-order chi connectivity index (χ1) is 14.0. The van der Waals surface area contributed by atoms with Crippen LogP contribution in [0.2, 0.25) is 5.02 Å². The van der Waals surface area contributed by atoms with Crippen LogP contribution in [0, 0.1) is 6.92 Å². The van der Waals surface area contributed by atoms with E-state index in [2.05, 4.69) is 32.5 Å². The summed E-state index contributed by atoms with van der Waals surface area (Å²) in [4.78, 5) is 14.4. The second-order valence-corrected chi connectivity index (χ2v) is 8.13. The number of benzene rings is 2. The first-order valence-corrected chi connectivity index (χ1v) is 10.7. The van der Waals surface area contributed by atoms with Gasteiger partial charge in [-0.05, 0) is 37.2 Å². The number of rotatable bonds is 9. The fourth-order valence-corrected chi connectivity index (χ4v) is 3.71. The lowest BCUT2D eigenvalue weighted by molar-refractivity contribution is -0.118. The van der Waals surface area contributed by atoms with Gasteiger partial charge in [-0.3, -0.25) is 9.36 Å². The molecule has 2 aromatic carbocycles. The number of nitrogens with zero attached hydrogens (tertiary/aromatic N) is 4. The van der Waals surface area contributed by atoms with E-state index in [9.17, 15) is 4.79 Å². The summed E-state index contributed by atoms with van der Waals surface area (Å²) in [7, 11) is 2.04. The molecule has 1 heterocycles. The molecular formula is C21H24ClN5OS. The number of halogens is 1. The number of aromatic nitrogens is 3. The monoisotopic (exact) mass is 429 g/mol. The third kappa shape index (κ3) is 6.32. The van der Waals surface area contributed by atoms with Gasteiger partial charge >= 0.3 is 0 Å². The zero-order valence-corrected chi connectivity index (χ0v) is 18.1. The molecule has 0 aliphatic heterocycles. The molecule has 1 N–H and O–H groups in total. The molecule has 3 aromatic rings. The standard InChI is InChI=1S/C21H24ClN5OS/c1-16-8-9-18(12-19(16)22)27-15-24-25-21(27)29-14-20(28)23-10-11-26(2)13-17-6-4-3-5-7-17/h3-9,12,15H,10-11,13-14H2,1-2H3,(H,23,28). The number of carbonyl (C=O) groups is 1. The summed E-state index contributed by atoms with van der Waals surface area (Å²) < 4.78 is 1.83. The molecule has 0 spiro atoms. The van der Waals surface area contributed by atoms with Gasteiger partial charge in [0.1, 0.15) is 6.33 Å². The predicted octanol–water partition coefficient (Wildman–Crippen LogP) is 3.57. The van der Waals surface area contributed by atoms with Crippen molar-refractivity contribution in [2.24, 2.45) is 0 Å². The number of likely N-dealkylation sites (N-methyl/N-ethyl adjacent to an activating group) is 1. The lowest BCUT2D eigenvalue weighted by atomic mass is 10.2. The molecule has 6 nitrogen and oxygen atoms in total. The van der Waals surface area contributed by atoms with E-state index in [4.69, 9.17) is 11.6 Å². The summed E-state index contributed by atoms with van der Waals surface area (Å²) in [5.41, 5.74) is 3.14. The van der Waals surface area contributed by atoms with Crippen LogP contribution in [0.4, 0.5) is 0 Å². The molecule has 1 aromatic heterocycles. The van der Waals surface area contributed by atoms with E-state index in [1.54, 1.807) is 6.33 Å². The Morgan fingerprint density at radius 3 is 2.79 bits per heavy atom. The topological polar surface area (TPSA) is 63.1 Å². The first kappa shape index (κ1) is 21.4. The van der Waals surface area contributed by atoms with Gasteiger partial charge in [0.2, 0.25) is 5.91 Å². The normalized spacial score (nSPS) is 11.0. The van der Waals surface area contributed by atoms with Gasteiger partial charge in [-0.2, -0.15) is 0 Å². The average Bonchev–Trinajstić information content (AvgIpc) is 3.18. The van der Waals surface area contributed by atoms with Crippen LogP contribution in [0.5, 0.6) is 0 Å². The molecule has 0 saturated carbocycles. The maximum absolute atomic E-state index is 12.2. The number of thioether (sulfide) groups is 1. The minimum absolute atomic E-state index is 0.0281. The van der Waals surface area contributed by atoms with Crippen LogP contribution >= 0.6 is 23.4 Å². The number of aryl methyl sites for hydroxylation is 1. The molecule has 0 fully saturated rings. The van der Waals surface area contributed by atoms with Gasteiger partial charge in [0.05, 0.1) is 11.4 Å². The van der Waals surface area contributed by atoms with Crippen LogP contribution < -0.4 is 5.32 Å². The molecule has 0 aliphatic carbocycles. The van der Waals surface area contributed by atoms with Crippen molar-refractivity contribution in [3.63, 3.8) is 0 Å². The first-order valence-electron chi connectivity index (χ1n) is 9.31. The fourth-order valence-electron chi connectivity index (χ4n) is 2.77. The zero-order chi connectivity index (χ0) is 20.6. The lowest BCUT2D eigenvalue weighted by Crippen LogP contribution is -2.33. The SMILES string of the molecule is Cc1ccc(-n2cnnc2SCC(=O)NCCN(C)Cc2ccccc2)cc1Cl. The van der Waals surface area contributed by atoms with Gasteiger partial charge < -0.3 is 10.2 Å². The summed E-state index contributed by atoms with van der Waals surface area (Å²) in [5, 5.41) is 12.4. The van der Waals surface area contributed by atoms with Crippen LogP contribution in [0.25, 0.3) is 5.69 Å². The lowest BCUT2D eigenvalue weighted by Gasteiger charge is -2.17. The number of hydrogen-bond donors (Lipinski definition) is 1. The van der Waals surface area contributed by atoms with Crippen molar-refractivity contribution in [1.29, 1.82) is 0 Å². The highest BCUT2D eigenvalue weighted by Gasteiger charge is 2.11. The van der Waals surface area contributed by atoms with E-state index in [0.717, 1.165) is 24.3 Å². The number of nitrogens with one attached hydrogen (secondary N) is 1. The Morgan fingerprint density at radius 2 is 2.03 bits per heavy atom. The van der Waals surface area contributed by atoms with Gasteiger partial charge in [-0.25, -0.2) is 0 Å². The van der Waals surface area contributed by atoms with Gasteiger partial charge in [0.15, 0.2) is 5.16 Å². The van der Waals surface area contributed by atoms with E-state index >= 15 is 0 Å². The second-order valence-electron chi connectivity index (χ2n) is 6.78. The Morgan fingerprint density at radius 1 is 1.24 bits per heavy atom. The highest BCUT2D eigenvalue weighted by molar-refractivity contribution is 7.99. The van der Waals surface area contributed by atoms with Crippen molar-refractivity contribution in [3.05, 3.63) is 71.0 Å². The van der Waals surface area contributed by atoms with Crippen LogP contribution in [0.15, 0.2) is 60.0 Å². The highest BCUT2D eigenvalue weighted by Crippen LogP contribution is 2.23. The molecule has 29 heavy (non-hydrogen) atoms. The van der Waals surface area contributed by atoms with Crippen molar-refractivity contribution in [1.82, 2.24) is 25.0 Å². The Hall–Kier alpha value is -2.35. The van der Waals surface area contributed by atoms with Crippen molar-refractivity contribution in [3.8, 4) is 5.69 Å². The molecule has 0 unspecified atom stereocenters. The quantitative estimate of drug-likeness (QED) is 0.527. The van der Waals surface area contributed by atoms with Crippen LogP contribution in [-0.4, -0.2) is 51.5 Å². The third-order valence-electron chi connectivity index (χ3n) is 4.39. The minimum atomic E-state index is -0.0281. The number of carbonyl (C=O) groups excluding carboxylic acids is 1. The molecule has 0 atom stereocenters. The smallest absolute Gasteiger partial charge is 0.230 e. The molecule has 3 rings (SSSR count).